The Labute approximate surface area is 145 Å². The van der Waals surface area contributed by atoms with Gasteiger partial charge in [0, 0.05) is 13.1 Å². The Balaban J connectivity index is 1.91. The van der Waals surface area contributed by atoms with Crippen LogP contribution in [0.4, 0.5) is 4.39 Å². The van der Waals surface area contributed by atoms with Gasteiger partial charge in [-0.25, -0.2) is 9.37 Å². The van der Waals surface area contributed by atoms with E-state index >= 15 is 0 Å². The van der Waals surface area contributed by atoms with Gasteiger partial charge >= 0.3 is 0 Å². The number of allylic oxidation sites excluding steroid dienone is 1. The first kappa shape index (κ1) is 17.9. The van der Waals surface area contributed by atoms with E-state index in [9.17, 15) is 4.39 Å². The van der Waals surface area contributed by atoms with Crippen molar-refractivity contribution in [1.29, 1.82) is 5.26 Å². The fourth-order valence-electron chi connectivity index (χ4n) is 1.99. The lowest BCUT2D eigenvalue weighted by atomic mass is 10.2. The van der Waals surface area contributed by atoms with Crippen LogP contribution in [0.1, 0.15) is 11.3 Å². The molecule has 1 aromatic carbocycles. The van der Waals surface area contributed by atoms with Crippen molar-refractivity contribution in [2.24, 2.45) is 10.7 Å². The first-order valence-corrected chi connectivity index (χ1v) is 7.45. The van der Waals surface area contributed by atoms with Gasteiger partial charge in [-0.1, -0.05) is 6.07 Å². The van der Waals surface area contributed by atoms with Crippen molar-refractivity contribution >= 4 is 5.71 Å². The molecule has 25 heavy (non-hydrogen) atoms. The predicted molar refractivity (Wildman–Crippen MR) is 92.1 cm³/mol. The molecule has 128 valence electrons. The van der Waals surface area contributed by atoms with Crippen LogP contribution in [0.3, 0.4) is 0 Å². The van der Waals surface area contributed by atoms with Crippen molar-refractivity contribution in [2.75, 3.05) is 20.3 Å². The maximum absolute atomic E-state index is 13.7. The summed E-state index contributed by atoms with van der Waals surface area (Å²) in [5.74, 6) is -0.123. The van der Waals surface area contributed by atoms with Gasteiger partial charge in [0.1, 0.15) is 13.2 Å². The molecule has 2 rings (SSSR count). The number of aromatic nitrogens is 1. The van der Waals surface area contributed by atoms with E-state index in [1.807, 2.05) is 6.07 Å². The number of nitrogens with two attached hydrogens (primary N) is 1. The summed E-state index contributed by atoms with van der Waals surface area (Å²) in [6, 6.07) is 11.2. The minimum Gasteiger partial charge on any atom is -0.487 e. The number of hydrogen-bond donors (Lipinski definition) is 1. The number of halogens is 1. The standard InChI is InChI=1S/C18H17FN4O2/c1-22-15(7-8-20)16-3-2-4-18(23-16)25-10-9-24-17-6-5-13(12-21)11-14(17)19/h2-8,11H,9-10,20H2,1H3. The molecule has 6 nitrogen and oxygen atoms in total. The van der Waals surface area contributed by atoms with E-state index in [0.717, 1.165) is 6.07 Å². The fourth-order valence-corrected chi connectivity index (χ4v) is 1.99. The number of benzene rings is 1. The van der Waals surface area contributed by atoms with E-state index in [0.29, 0.717) is 17.3 Å². The van der Waals surface area contributed by atoms with Gasteiger partial charge < -0.3 is 15.2 Å². The number of nitriles is 1. The molecule has 0 unspecified atom stereocenters. The van der Waals surface area contributed by atoms with E-state index in [4.69, 9.17) is 20.5 Å². The monoisotopic (exact) mass is 340 g/mol. The third-order valence-electron chi connectivity index (χ3n) is 3.13. The van der Waals surface area contributed by atoms with Crippen molar-refractivity contribution in [1.82, 2.24) is 4.98 Å². The van der Waals surface area contributed by atoms with Crippen LogP contribution >= 0.6 is 0 Å². The maximum Gasteiger partial charge on any atom is 0.213 e. The summed E-state index contributed by atoms with van der Waals surface area (Å²) >= 11 is 0. The second kappa shape index (κ2) is 9.03. The molecule has 0 saturated heterocycles. The normalized spacial score (nSPS) is 11.3. The molecule has 2 N–H and O–H groups in total. The summed E-state index contributed by atoms with van der Waals surface area (Å²) in [5, 5.41) is 8.70. The number of rotatable bonds is 7. The highest BCUT2D eigenvalue weighted by Crippen LogP contribution is 2.18. The number of pyridine rings is 1. The highest BCUT2D eigenvalue weighted by Gasteiger charge is 2.06. The van der Waals surface area contributed by atoms with Crippen LogP contribution in [0.25, 0.3) is 0 Å². The largest absolute Gasteiger partial charge is 0.487 e. The van der Waals surface area contributed by atoms with Gasteiger partial charge in [-0.3, -0.25) is 4.99 Å². The van der Waals surface area contributed by atoms with Crippen molar-refractivity contribution in [3.63, 3.8) is 0 Å². The Bertz CT molecular complexity index is 828. The zero-order valence-corrected chi connectivity index (χ0v) is 13.6. The van der Waals surface area contributed by atoms with Gasteiger partial charge in [-0.2, -0.15) is 5.26 Å². The molecule has 1 aromatic heterocycles. The third-order valence-corrected chi connectivity index (χ3v) is 3.13. The molecule has 0 saturated carbocycles. The average Bonchev–Trinajstić information content (AvgIpc) is 2.64. The number of ether oxygens (including phenoxy) is 2. The Hall–Kier alpha value is -3.40. The molecular weight excluding hydrogens is 323 g/mol. The lowest BCUT2D eigenvalue weighted by molar-refractivity contribution is 0.206. The molecule has 2 aromatic rings. The summed E-state index contributed by atoms with van der Waals surface area (Å²) in [6.45, 7) is 0.313. The molecular formula is C18H17FN4O2. The third kappa shape index (κ3) is 5.04. The van der Waals surface area contributed by atoms with E-state index in [1.54, 1.807) is 31.3 Å². The Morgan fingerprint density at radius 2 is 2.12 bits per heavy atom. The number of aliphatic imine (C=N–C) groups is 1. The molecule has 0 atom stereocenters. The van der Waals surface area contributed by atoms with E-state index in [2.05, 4.69) is 9.98 Å². The molecule has 0 amide bonds. The molecule has 0 bridgehead atoms. The quantitative estimate of drug-likeness (QED) is 0.617. The van der Waals surface area contributed by atoms with Crippen LogP contribution in [-0.4, -0.2) is 31.0 Å². The lowest BCUT2D eigenvalue weighted by Crippen LogP contribution is -2.11. The van der Waals surface area contributed by atoms with Crippen molar-refractivity contribution < 1.29 is 13.9 Å². The zero-order valence-electron chi connectivity index (χ0n) is 13.6. The molecule has 1 heterocycles. The van der Waals surface area contributed by atoms with Crippen molar-refractivity contribution in [2.45, 2.75) is 0 Å². The smallest absolute Gasteiger partial charge is 0.213 e. The van der Waals surface area contributed by atoms with Crippen LogP contribution in [0.2, 0.25) is 0 Å². The van der Waals surface area contributed by atoms with Crippen molar-refractivity contribution in [3.8, 4) is 17.7 Å². The first-order chi connectivity index (χ1) is 12.2. The summed E-state index contributed by atoms with van der Waals surface area (Å²) in [4.78, 5) is 8.41. The van der Waals surface area contributed by atoms with Gasteiger partial charge in [-0.15, -0.1) is 0 Å². The van der Waals surface area contributed by atoms with Crippen LogP contribution in [-0.2, 0) is 0 Å². The van der Waals surface area contributed by atoms with Gasteiger partial charge in [0.05, 0.1) is 23.0 Å². The van der Waals surface area contributed by atoms with Gasteiger partial charge in [-0.05, 0) is 36.5 Å². The Morgan fingerprint density at radius 1 is 1.32 bits per heavy atom. The summed E-state index contributed by atoms with van der Waals surface area (Å²) in [5.41, 5.74) is 6.87. The predicted octanol–water partition coefficient (Wildman–Crippen LogP) is 2.44. The topological polar surface area (TPSA) is 93.5 Å². The second-order valence-corrected chi connectivity index (χ2v) is 4.78. The minimum atomic E-state index is -0.587. The summed E-state index contributed by atoms with van der Waals surface area (Å²) in [6.07, 6.45) is 3.03. The average molecular weight is 340 g/mol. The van der Waals surface area contributed by atoms with E-state index in [1.165, 1.54) is 18.3 Å². The molecule has 0 aliphatic carbocycles. The molecule has 0 aliphatic heterocycles. The van der Waals surface area contributed by atoms with Gasteiger partial charge in [0.2, 0.25) is 5.88 Å². The van der Waals surface area contributed by atoms with E-state index < -0.39 is 5.82 Å². The number of nitrogens with zero attached hydrogens (tertiary/aromatic N) is 3. The maximum atomic E-state index is 13.7. The fraction of sp³-hybridized carbons (Fsp3) is 0.167. The Morgan fingerprint density at radius 3 is 2.80 bits per heavy atom. The first-order valence-electron chi connectivity index (χ1n) is 7.45. The highest BCUT2D eigenvalue weighted by molar-refractivity contribution is 6.07. The molecule has 0 fully saturated rings. The molecule has 0 radical (unpaired) electrons. The van der Waals surface area contributed by atoms with Crippen LogP contribution in [0.5, 0.6) is 11.6 Å². The SMILES string of the molecule is CN=C(C=CN)c1cccc(OCCOc2ccc(C#N)cc2F)n1. The highest BCUT2D eigenvalue weighted by atomic mass is 19.1. The molecule has 0 aliphatic rings. The van der Waals surface area contributed by atoms with E-state index in [-0.39, 0.29) is 24.5 Å². The van der Waals surface area contributed by atoms with Crippen LogP contribution in [0.15, 0.2) is 53.7 Å². The number of hydrogen-bond acceptors (Lipinski definition) is 6. The van der Waals surface area contributed by atoms with Crippen LogP contribution in [0, 0.1) is 17.1 Å². The lowest BCUT2D eigenvalue weighted by Gasteiger charge is -2.09. The summed E-state index contributed by atoms with van der Waals surface area (Å²) < 4.78 is 24.5. The summed E-state index contributed by atoms with van der Waals surface area (Å²) in [7, 11) is 1.64. The van der Waals surface area contributed by atoms with Crippen LogP contribution < -0.4 is 15.2 Å². The molecule has 0 spiro atoms. The second-order valence-electron chi connectivity index (χ2n) is 4.78. The molecule has 7 heteroatoms. The minimum absolute atomic E-state index is 0.0674. The Kier molecular flexibility index (Phi) is 6.48. The van der Waals surface area contributed by atoms with Gasteiger partial charge in [0.25, 0.3) is 0 Å². The zero-order chi connectivity index (χ0) is 18.1. The van der Waals surface area contributed by atoms with Crippen molar-refractivity contribution in [3.05, 3.63) is 65.7 Å². The van der Waals surface area contributed by atoms with Gasteiger partial charge in [0.15, 0.2) is 11.6 Å².